The van der Waals surface area contributed by atoms with Crippen LogP contribution in [0, 0.1) is 5.92 Å². The number of nitrogens with zero attached hydrogens (tertiary/aromatic N) is 2. The second-order valence-electron chi connectivity index (χ2n) is 13.1. The lowest BCUT2D eigenvalue weighted by Crippen LogP contribution is -2.32. The fourth-order valence-electron chi connectivity index (χ4n) is 6.76. The number of rotatable bonds is 17. The van der Waals surface area contributed by atoms with E-state index in [9.17, 15) is 9.32 Å². The highest BCUT2D eigenvalue weighted by Crippen LogP contribution is 2.38. The van der Waals surface area contributed by atoms with E-state index in [-0.39, 0.29) is 11.8 Å². The molecule has 4 unspecified atom stereocenters. The van der Waals surface area contributed by atoms with Crippen LogP contribution in [-0.4, -0.2) is 53.6 Å². The Balaban J connectivity index is 1.50. The topological polar surface area (TPSA) is 71.5 Å². The van der Waals surface area contributed by atoms with Gasteiger partial charge in [0.25, 0.3) is 0 Å². The van der Waals surface area contributed by atoms with Crippen LogP contribution >= 0.6 is 11.6 Å². The first kappa shape index (κ1) is 38.4. The quantitative estimate of drug-likeness (QED) is 0.109. The first-order valence-corrected chi connectivity index (χ1v) is 19.3. The summed E-state index contributed by atoms with van der Waals surface area (Å²) >= 11 is 6.45. The summed E-state index contributed by atoms with van der Waals surface area (Å²) in [7, 11) is 1.79. The summed E-state index contributed by atoms with van der Waals surface area (Å²) < 4.78 is 33.9. The van der Waals surface area contributed by atoms with Gasteiger partial charge in [0.2, 0.25) is 0 Å². The number of fused-ring (bicyclic) bond motifs is 1. The van der Waals surface area contributed by atoms with Crippen molar-refractivity contribution in [3.63, 3.8) is 0 Å². The van der Waals surface area contributed by atoms with Crippen LogP contribution in [0.15, 0.2) is 102 Å². The van der Waals surface area contributed by atoms with Crippen molar-refractivity contribution in [3.05, 3.63) is 125 Å². The third kappa shape index (κ3) is 9.95. The molecule has 0 radical (unpaired) electrons. The van der Waals surface area contributed by atoms with E-state index < -0.39 is 17.1 Å². The monoisotopic (exact) mass is 730 g/mol. The molecule has 9 heteroatoms. The van der Waals surface area contributed by atoms with Crippen molar-refractivity contribution < 1.29 is 23.5 Å². The molecule has 0 fully saturated rings. The van der Waals surface area contributed by atoms with Gasteiger partial charge in [-0.15, -0.1) is 6.58 Å². The Morgan fingerprint density at radius 1 is 0.980 bits per heavy atom. The maximum Gasteiger partial charge on any atom is 0.142 e. The molecule has 4 aromatic rings. The molecule has 0 saturated carbocycles. The van der Waals surface area contributed by atoms with E-state index in [2.05, 4.69) is 37.5 Å². The second-order valence-corrected chi connectivity index (χ2v) is 15.0. The fraction of sp³-hybridized carbons (Fsp3) is 0.381. The highest BCUT2D eigenvalue weighted by molar-refractivity contribution is 7.82. The number of aliphatic hydroxyl groups is 1. The molecule has 4 aromatic carbocycles. The molecule has 7 nitrogen and oxygen atoms in total. The molecule has 5 rings (SSSR count). The molecule has 0 bridgehead atoms. The third-order valence-electron chi connectivity index (χ3n) is 9.71. The molecular formula is C42H51ClN2O5S. The van der Waals surface area contributed by atoms with E-state index in [1.807, 2.05) is 77.1 Å². The predicted octanol–water partition coefficient (Wildman–Crippen LogP) is 8.98. The highest BCUT2D eigenvalue weighted by Gasteiger charge is 2.29. The number of methoxy groups -OCH3 is 2. The number of ether oxygens (including phenoxy) is 3. The Bertz CT molecular complexity index is 1700. The Morgan fingerprint density at radius 2 is 1.63 bits per heavy atom. The van der Waals surface area contributed by atoms with Crippen LogP contribution in [0.25, 0.3) is 0 Å². The highest BCUT2D eigenvalue weighted by atomic mass is 35.5. The molecule has 272 valence electrons. The van der Waals surface area contributed by atoms with E-state index in [0.29, 0.717) is 37.7 Å². The van der Waals surface area contributed by atoms with Crippen LogP contribution in [0.1, 0.15) is 61.3 Å². The zero-order valence-corrected chi connectivity index (χ0v) is 31.8. The van der Waals surface area contributed by atoms with Gasteiger partial charge >= 0.3 is 0 Å². The Morgan fingerprint density at radius 3 is 2.20 bits per heavy atom. The van der Waals surface area contributed by atoms with Crippen molar-refractivity contribution in [1.29, 1.82) is 0 Å². The first-order valence-electron chi connectivity index (χ1n) is 17.8. The summed E-state index contributed by atoms with van der Waals surface area (Å²) in [5, 5.41) is 11.4. The summed E-state index contributed by atoms with van der Waals surface area (Å²) in [6.45, 7) is 11.0. The van der Waals surface area contributed by atoms with Gasteiger partial charge in [0.05, 0.1) is 37.5 Å². The van der Waals surface area contributed by atoms with Crippen LogP contribution in [0.4, 0.5) is 5.69 Å². The van der Waals surface area contributed by atoms with Gasteiger partial charge < -0.3 is 24.2 Å². The lowest BCUT2D eigenvalue weighted by Gasteiger charge is -2.30. The van der Waals surface area contributed by atoms with Gasteiger partial charge in [-0.25, -0.2) is 8.51 Å². The van der Waals surface area contributed by atoms with Gasteiger partial charge in [0, 0.05) is 37.1 Å². The molecule has 4 atom stereocenters. The lowest BCUT2D eigenvalue weighted by atomic mass is 9.91. The normalized spacial score (nSPS) is 16.1. The summed E-state index contributed by atoms with van der Waals surface area (Å²) in [6.07, 6.45) is 4.60. The number of hydrogen-bond acceptors (Lipinski definition) is 6. The predicted molar refractivity (Wildman–Crippen MR) is 209 cm³/mol. The summed E-state index contributed by atoms with van der Waals surface area (Å²) in [5.41, 5.74) is 5.44. The van der Waals surface area contributed by atoms with Crippen molar-refractivity contribution in [1.82, 2.24) is 4.31 Å². The molecule has 0 aliphatic carbocycles. The van der Waals surface area contributed by atoms with Gasteiger partial charge in [0.1, 0.15) is 28.2 Å². The number of benzene rings is 4. The minimum atomic E-state index is -1.51. The van der Waals surface area contributed by atoms with Gasteiger partial charge in [-0.2, -0.15) is 0 Å². The van der Waals surface area contributed by atoms with E-state index in [1.54, 1.807) is 20.3 Å². The summed E-state index contributed by atoms with van der Waals surface area (Å²) in [4.78, 5) is 3.05. The molecule has 51 heavy (non-hydrogen) atoms. The lowest BCUT2D eigenvalue weighted by molar-refractivity contribution is 0.145. The number of aliphatic hydroxyl groups excluding tert-OH is 1. The van der Waals surface area contributed by atoms with Gasteiger partial charge in [-0.05, 0) is 95.6 Å². The Kier molecular flexibility index (Phi) is 14.0. The fourth-order valence-corrected chi connectivity index (χ4v) is 8.19. The van der Waals surface area contributed by atoms with Gasteiger partial charge in [-0.3, -0.25) is 0 Å². The maximum absolute atomic E-state index is 14.6. The molecule has 1 heterocycles. The molecule has 1 aliphatic rings. The molecule has 0 aromatic heterocycles. The van der Waals surface area contributed by atoms with E-state index in [0.717, 1.165) is 64.8 Å². The minimum Gasteiger partial charge on any atom is -0.497 e. The number of hydrogen-bond donors (Lipinski definition) is 1. The molecule has 0 saturated heterocycles. The van der Waals surface area contributed by atoms with Crippen LogP contribution < -0.4 is 19.1 Å². The number of halogens is 1. The van der Waals surface area contributed by atoms with Crippen molar-refractivity contribution in [2.75, 3.05) is 38.8 Å². The van der Waals surface area contributed by atoms with E-state index >= 15 is 0 Å². The SMILES string of the molecule is C=CC(O)C(CC)CCN1CC(c2ccc(Cl)cc2CCC)COc2ccc(S(=O)N(Cc3ccc(OC)cc3)Cc3ccc(OC)cc3)cc21. The van der Waals surface area contributed by atoms with E-state index in [4.69, 9.17) is 25.8 Å². The summed E-state index contributed by atoms with van der Waals surface area (Å²) in [6, 6.07) is 27.8. The second kappa shape index (κ2) is 18.6. The molecule has 1 aliphatic heterocycles. The van der Waals surface area contributed by atoms with Crippen molar-refractivity contribution in [2.45, 2.75) is 69.5 Å². The average Bonchev–Trinajstić information content (AvgIpc) is 3.34. The molecule has 1 N–H and O–H groups in total. The zero-order valence-electron chi connectivity index (χ0n) is 30.2. The summed E-state index contributed by atoms with van der Waals surface area (Å²) in [5.74, 6) is 2.48. The average molecular weight is 731 g/mol. The van der Waals surface area contributed by atoms with E-state index in [1.165, 1.54) is 11.1 Å². The number of aryl methyl sites for hydroxylation is 1. The van der Waals surface area contributed by atoms with Crippen LogP contribution in [-0.2, 0) is 30.5 Å². The largest absolute Gasteiger partial charge is 0.497 e. The zero-order chi connectivity index (χ0) is 36.3. The standard InChI is InChI=1S/C42H51ClN2O5S/c1-6-9-33-24-35(43)14-20-39(33)34-28-44(23-22-32(7-2)41(46)8-3)40-25-38(19-21-42(40)50-29-34)51(47)45(26-30-10-15-36(48-4)16-11-30)27-31-12-17-37(49-5)18-13-31/h8,10-21,24-25,32,34,41,46H,3,6-7,9,22-23,26-29H2,1-2,4-5H3. The molecular weight excluding hydrogens is 680 g/mol. The smallest absolute Gasteiger partial charge is 0.142 e. The van der Waals surface area contributed by atoms with Crippen molar-refractivity contribution >= 4 is 28.3 Å². The first-order chi connectivity index (χ1) is 24.8. The van der Waals surface area contributed by atoms with Gasteiger partial charge in [-0.1, -0.05) is 74.7 Å². The van der Waals surface area contributed by atoms with Crippen molar-refractivity contribution in [2.24, 2.45) is 5.92 Å². The Labute approximate surface area is 311 Å². The minimum absolute atomic E-state index is 0.0709. The Hall–Kier alpha value is -3.82. The maximum atomic E-state index is 14.6. The van der Waals surface area contributed by atoms with Crippen LogP contribution in [0.3, 0.4) is 0 Å². The van der Waals surface area contributed by atoms with Crippen LogP contribution in [0.2, 0.25) is 5.02 Å². The van der Waals surface area contributed by atoms with Gasteiger partial charge in [0.15, 0.2) is 0 Å². The molecule has 0 amide bonds. The van der Waals surface area contributed by atoms with Crippen molar-refractivity contribution in [3.8, 4) is 17.2 Å². The third-order valence-corrected chi connectivity index (χ3v) is 11.3. The molecule has 0 spiro atoms. The number of anilines is 1. The van der Waals surface area contributed by atoms with Crippen LogP contribution in [0.5, 0.6) is 17.2 Å².